The van der Waals surface area contributed by atoms with E-state index in [0.717, 1.165) is 29.0 Å². The van der Waals surface area contributed by atoms with E-state index in [1.165, 1.54) is 6.08 Å². The second-order valence-corrected chi connectivity index (χ2v) is 5.60. The Morgan fingerprint density at radius 2 is 2.04 bits per heavy atom. The van der Waals surface area contributed by atoms with Crippen LogP contribution < -0.4 is 10.1 Å². The maximum absolute atomic E-state index is 12.1. The molecule has 2 aromatic carbocycles. The van der Waals surface area contributed by atoms with E-state index in [1.807, 2.05) is 37.3 Å². The molecule has 120 valence electrons. The van der Waals surface area contributed by atoms with Crippen molar-refractivity contribution >= 4 is 29.3 Å². The first-order chi connectivity index (χ1) is 11.1. The number of anilines is 1. The van der Waals surface area contributed by atoms with Gasteiger partial charge in [0, 0.05) is 22.3 Å². The van der Waals surface area contributed by atoms with E-state index in [9.17, 15) is 4.79 Å². The molecule has 3 nitrogen and oxygen atoms in total. The molecule has 0 heterocycles. The Bertz CT molecular complexity index is 710. The van der Waals surface area contributed by atoms with Gasteiger partial charge in [0.1, 0.15) is 5.75 Å². The van der Waals surface area contributed by atoms with E-state index in [1.54, 1.807) is 18.2 Å². The van der Waals surface area contributed by atoms with Crippen LogP contribution in [0.1, 0.15) is 24.5 Å². The summed E-state index contributed by atoms with van der Waals surface area (Å²) in [6.45, 7) is 4.61. The van der Waals surface area contributed by atoms with Crippen molar-refractivity contribution in [3.05, 3.63) is 64.7 Å². The van der Waals surface area contributed by atoms with Gasteiger partial charge in [0.2, 0.25) is 5.91 Å². The topological polar surface area (TPSA) is 38.3 Å². The highest BCUT2D eigenvalue weighted by Gasteiger charge is 2.03. The number of rotatable bonds is 6. The number of benzene rings is 2. The van der Waals surface area contributed by atoms with Gasteiger partial charge in [0.15, 0.2) is 0 Å². The molecule has 1 amide bonds. The Hall–Kier alpha value is -2.26. The summed E-state index contributed by atoms with van der Waals surface area (Å²) >= 11 is 5.91. The van der Waals surface area contributed by atoms with Gasteiger partial charge in [-0.1, -0.05) is 36.7 Å². The summed E-state index contributed by atoms with van der Waals surface area (Å²) in [5.41, 5.74) is 2.55. The second-order valence-electron chi connectivity index (χ2n) is 5.17. The molecule has 0 bridgehead atoms. The van der Waals surface area contributed by atoms with Crippen molar-refractivity contribution < 1.29 is 9.53 Å². The summed E-state index contributed by atoms with van der Waals surface area (Å²) < 4.78 is 5.67. The zero-order chi connectivity index (χ0) is 16.7. The van der Waals surface area contributed by atoms with Crippen molar-refractivity contribution in [2.24, 2.45) is 0 Å². The van der Waals surface area contributed by atoms with Gasteiger partial charge >= 0.3 is 0 Å². The number of para-hydroxylation sites is 1. The van der Waals surface area contributed by atoms with Gasteiger partial charge in [0.25, 0.3) is 0 Å². The molecule has 0 spiro atoms. The molecule has 23 heavy (non-hydrogen) atoms. The summed E-state index contributed by atoms with van der Waals surface area (Å²) in [5.74, 6) is 0.585. The zero-order valence-electron chi connectivity index (χ0n) is 13.3. The second kappa shape index (κ2) is 8.39. The summed E-state index contributed by atoms with van der Waals surface area (Å²) in [6, 6.07) is 13.0. The zero-order valence-corrected chi connectivity index (χ0v) is 14.1. The van der Waals surface area contributed by atoms with Gasteiger partial charge in [-0.3, -0.25) is 4.79 Å². The van der Waals surface area contributed by atoms with Crippen LogP contribution >= 0.6 is 11.6 Å². The van der Waals surface area contributed by atoms with E-state index in [4.69, 9.17) is 16.3 Å². The summed E-state index contributed by atoms with van der Waals surface area (Å²) in [7, 11) is 0. The van der Waals surface area contributed by atoms with Gasteiger partial charge in [-0.25, -0.2) is 0 Å². The monoisotopic (exact) mass is 329 g/mol. The highest BCUT2D eigenvalue weighted by atomic mass is 35.5. The highest BCUT2D eigenvalue weighted by molar-refractivity contribution is 6.30. The smallest absolute Gasteiger partial charge is 0.248 e. The fraction of sp³-hybridized carbons (Fsp3) is 0.211. The van der Waals surface area contributed by atoms with Crippen molar-refractivity contribution in [3.8, 4) is 5.75 Å². The van der Waals surface area contributed by atoms with Crippen LogP contribution in [0.4, 0.5) is 5.69 Å². The fourth-order valence-corrected chi connectivity index (χ4v) is 2.30. The minimum absolute atomic E-state index is 0.194. The lowest BCUT2D eigenvalue weighted by molar-refractivity contribution is -0.111. The molecule has 0 aliphatic carbocycles. The first kappa shape index (κ1) is 17.1. The molecule has 0 saturated heterocycles. The molecule has 0 saturated carbocycles. The van der Waals surface area contributed by atoms with E-state index in [2.05, 4.69) is 12.2 Å². The van der Waals surface area contributed by atoms with Crippen molar-refractivity contribution in [3.63, 3.8) is 0 Å². The average molecular weight is 330 g/mol. The number of carbonyl (C=O) groups is 1. The van der Waals surface area contributed by atoms with Crippen LogP contribution in [-0.4, -0.2) is 12.5 Å². The molecule has 0 fully saturated rings. The quantitative estimate of drug-likeness (QED) is 0.750. The standard InChI is InChI=1S/C19H20ClNO2/c1-3-12-23-18-7-5-4-6-15(18)8-11-19(22)21-17-10-9-16(20)13-14(17)2/h4-11,13H,3,12H2,1-2H3,(H,21,22)/b11-8+. The third-order valence-electron chi connectivity index (χ3n) is 3.24. The minimum atomic E-state index is -0.194. The third kappa shape index (κ3) is 5.15. The fourth-order valence-electron chi connectivity index (χ4n) is 2.07. The lowest BCUT2D eigenvalue weighted by atomic mass is 10.1. The summed E-state index contributed by atoms with van der Waals surface area (Å²) in [5, 5.41) is 3.50. The SMILES string of the molecule is CCCOc1ccccc1/C=C/C(=O)Nc1ccc(Cl)cc1C. The number of amides is 1. The Morgan fingerprint density at radius 1 is 1.26 bits per heavy atom. The molecule has 0 aromatic heterocycles. The average Bonchev–Trinajstić information content (AvgIpc) is 2.54. The van der Waals surface area contributed by atoms with Crippen molar-refractivity contribution in [1.29, 1.82) is 0 Å². The van der Waals surface area contributed by atoms with Gasteiger partial charge in [-0.2, -0.15) is 0 Å². The Kier molecular flexibility index (Phi) is 6.24. The van der Waals surface area contributed by atoms with Crippen molar-refractivity contribution in [1.82, 2.24) is 0 Å². The van der Waals surface area contributed by atoms with E-state index in [0.29, 0.717) is 11.6 Å². The molecule has 0 unspecified atom stereocenters. The van der Waals surface area contributed by atoms with E-state index in [-0.39, 0.29) is 5.91 Å². The Labute approximate surface area is 141 Å². The van der Waals surface area contributed by atoms with Crippen LogP contribution in [0.5, 0.6) is 5.75 Å². The predicted octanol–water partition coefficient (Wildman–Crippen LogP) is 5.09. The normalized spacial score (nSPS) is 10.7. The van der Waals surface area contributed by atoms with Gasteiger partial charge < -0.3 is 10.1 Å². The number of ether oxygens (including phenoxy) is 1. The summed E-state index contributed by atoms with van der Waals surface area (Å²) in [4.78, 5) is 12.1. The molecule has 2 aromatic rings. The number of halogens is 1. The van der Waals surface area contributed by atoms with Crippen LogP contribution in [0.25, 0.3) is 6.08 Å². The number of hydrogen-bond acceptors (Lipinski definition) is 2. The van der Waals surface area contributed by atoms with Gasteiger partial charge in [0.05, 0.1) is 6.61 Å². The molecule has 0 aliphatic rings. The lowest BCUT2D eigenvalue weighted by Gasteiger charge is -2.08. The van der Waals surface area contributed by atoms with Crippen molar-refractivity contribution in [2.75, 3.05) is 11.9 Å². The Balaban J connectivity index is 2.06. The molecule has 2 rings (SSSR count). The summed E-state index contributed by atoms with van der Waals surface area (Å²) in [6.07, 6.45) is 4.20. The first-order valence-corrected chi connectivity index (χ1v) is 7.95. The molecular weight excluding hydrogens is 310 g/mol. The number of aryl methyl sites for hydroxylation is 1. The van der Waals surface area contributed by atoms with Crippen LogP contribution in [0.15, 0.2) is 48.5 Å². The van der Waals surface area contributed by atoms with Gasteiger partial charge in [-0.05, 0) is 49.2 Å². The van der Waals surface area contributed by atoms with Crippen LogP contribution in [0.3, 0.4) is 0 Å². The van der Waals surface area contributed by atoms with Crippen LogP contribution in [0, 0.1) is 6.92 Å². The molecule has 4 heteroatoms. The van der Waals surface area contributed by atoms with E-state index >= 15 is 0 Å². The van der Waals surface area contributed by atoms with E-state index < -0.39 is 0 Å². The minimum Gasteiger partial charge on any atom is -0.493 e. The molecule has 0 radical (unpaired) electrons. The third-order valence-corrected chi connectivity index (χ3v) is 3.48. The molecule has 0 aliphatic heterocycles. The number of carbonyl (C=O) groups excluding carboxylic acids is 1. The first-order valence-electron chi connectivity index (χ1n) is 7.57. The maximum atomic E-state index is 12.1. The Morgan fingerprint density at radius 3 is 2.78 bits per heavy atom. The van der Waals surface area contributed by atoms with Crippen LogP contribution in [0.2, 0.25) is 5.02 Å². The molecule has 0 atom stereocenters. The van der Waals surface area contributed by atoms with Gasteiger partial charge in [-0.15, -0.1) is 0 Å². The predicted molar refractivity (Wildman–Crippen MR) is 96.1 cm³/mol. The largest absolute Gasteiger partial charge is 0.493 e. The van der Waals surface area contributed by atoms with Crippen LogP contribution in [-0.2, 0) is 4.79 Å². The van der Waals surface area contributed by atoms with Crippen molar-refractivity contribution in [2.45, 2.75) is 20.3 Å². The molecule has 1 N–H and O–H groups in total. The molecular formula is C19H20ClNO2. The number of hydrogen-bond donors (Lipinski definition) is 1. The number of nitrogens with one attached hydrogen (secondary N) is 1. The maximum Gasteiger partial charge on any atom is 0.248 e. The highest BCUT2D eigenvalue weighted by Crippen LogP contribution is 2.21. The lowest BCUT2D eigenvalue weighted by Crippen LogP contribution is -2.08.